The lowest BCUT2D eigenvalue weighted by Gasteiger charge is -2.30. The SMILES string of the molecule is CCCc1ccc(NC(=O)C2CCC(NS(=O)(=O)C(C)(C)C)CC2)cc1. The molecule has 0 radical (unpaired) electrons. The molecule has 2 rings (SSSR count). The summed E-state index contributed by atoms with van der Waals surface area (Å²) in [6.45, 7) is 7.23. The summed E-state index contributed by atoms with van der Waals surface area (Å²) in [5.41, 5.74) is 2.10. The zero-order valence-corrected chi connectivity index (χ0v) is 17.2. The molecule has 1 amide bonds. The molecule has 0 spiro atoms. The van der Waals surface area contributed by atoms with Gasteiger partial charge in [-0.1, -0.05) is 25.5 Å². The highest BCUT2D eigenvalue weighted by atomic mass is 32.2. The van der Waals surface area contributed by atoms with Crippen LogP contribution in [0.2, 0.25) is 0 Å². The van der Waals surface area contributed by atoms with Crippen molar-refractivity contribution in [2.75, 3.05) is 5.32 Å². The van der Waals surface area contributed by atoms with Crippen LogP contribution in [0.3, 0.4) is 0 Å². The van der Waals surface area contributed by atoms with Crippen molar-refractivity contribution in [2.45, 2.75) is 77.0 Å². The van der Waals surface area contributed by atoms with E-state index in [9.17, 15) is 13.2 Å². The van der Waals surface area contributed by atoms with Crippen molar-refractivity contribution in [1.29, 1.82) is 0 Å². The Bertz CT molecular complexity index is 698. The van der Waals surface area contributed by atoms with Crippen LogP contribution in [0.5, 0.6) is 0 Å². The van der Waals surface area contributed by atoms with Gasteiger partial charge in [-0.05, 0) is 70.6 Å². The highest BCUT2D eigenvalue weighted by Gasteiger charge is 2.34. The van der Waals surface area contributed by atoms with Crippen LogP contribution in [-0.4, -0.2) is 25.1 Å². The molecule has 1 aromatic carbocycles. The molecule has 1 aliphatic carbocycles. The standard InChI is InChI=1S/C20H32N2O3S/c1-5-6-15-7-11-17(12-8-15)21-19(23)16-9-13-18(14-10-16)22-26(24,25)20(2,3)4/h7-8,11-12,16,18,22H,5-6,9-10,13-14H2,1-4H3,(H,21,23). The summed E-state index contributed by atoms with van der Waals surface area (Å²) in [6.07, 6.45) is 4.95. The third-order valence-electron chi connectivity index (χ3n) is 4.99. The van der Waals surface area contributed by atoms with Crippen LogP contribution < -0.4 is 10.0 Å². The second-order valence-electron chi connectivity index (χ2n) is 8.22. The molecule has 0 unspecified atom stereocenters. The van der Waals surface area contributed by atoms with Crippen molar-refractivity contribution in [3.05, 3.63) is 29.8 Å². The summed E-state index contributed by atoms with van der Waals surface area (Å²) in [4.78, 5) is 12.5. The van der Waals surface area contributed by atoms with Gasteiger partial charge in [0.2, 0.25) is 15.9 Å². The van der Waals surface area contributed by atoms with Gasteiger partial charge in [-0.15, -0.1) is 0 Å². The van der Waals surface area contributed by atoms with Crippen LogP contribution in [0.15, 0.2) is 24.3 Å². The lowest BCUT2D eigenvalue weighted by atomic mass is 9.86. The quantitative estimate of drug-likeness (QED) is 0.787. The van der Waals surface area contributed by atoms with Gasteiger partial charge in [0.25, 0.3) is 0 Å². The van der Waals surface area contributed by atoms with Gasteiger partial charge in [0.1, 0.15) is 0 Å². The second-order valence-corrected chi connectivity index (χ2v) is 10.7. The Labute approximate surface area is 158 Å². The number of carbonyl (C=O) groups excluding carboxylic acids is 1. The van der Waals surface area contributed by atoms with Crippen LogP contribution in [-0.2, 0) is 21.2 Å². The second kappa shape index (κ2) is 8.53. The van der Waals surface area contributed by atoms with Crippen molar-refractivity contribution in [2.24, 2.45) is 5.92 Å². The topological polar surface area (TPSA) is 75.3 Å². The van der Waals surface area contributed by atoms with Crippen molar-refractivity contribution in [3.8, 4) is 0 Å². The molecule has 0 aromatic heterocycles. The first-order valence-corrected chi connectivity index (χ1v) is 11.0. The first kappa shape index (κ1) is 20.9. The zero-order valence-electron chi connectivity index (χ0n) is 16.3. The number of anilines is 1. The number of aryl methyl sites for hydroxylation is 1. The number of nitrogens with one attached hydrogen (secondary N) is 2. The van der Waals surface area contributed by atoms with E-state index in [1.165, 1.54) is 5.56 Å². The zero-order chi connectivity index (χ0) is 19.4. The van der Waals surface area contributed by atoms with Crippen molar-refractivity contribution < 1.29 is 13.2 Å². The summed E-state index contributed by atoms with van der Waals surface area (Å²) in [7, 11) is -3.34. The number of benzene rings is 1. The Morgan fingerprint density at radius 3 is 2.15 bits per heavy atom. The maximum atomic E-state index is 12.5. The molecule has 26 heavy (non-hydrogen) atoms. The molecule has 0 atom stereocenters. The normalized spacial score (nSPS) is 21.4. The molecule has 1 saturated carbocycles. The Hall–Kier alpha value is -1.40. The minimum Gasteiger partial charge on any atom is -0.326 e. The van der Waals surface area contributed by atoms with Crippen LogP contribution in [0.25, 0.3) is 0 Å². The van der Waals surface area contributed by atoms with Gasteiger partial charge in [-0.25, -0.2) is 13.1 Å². The van der Waals surface area contributed by atoms with Crippen molar-refractivity contribution >= 4 is 21.6 Å². The fourth-order valence-corrected chi connectivity index (χ4v) is 4.19. The number of sulfonamides is 1. The number of amides is 1. The van der Waals surface area contributed by atoms with E-state index >= 15 is 0 Å². The van der Waals surface area contributed by atoms with Gasteiger partial charge < -0.3 is 5.32 Å². The van der Waals surface area contributed by atoms with Crippen LogP contribution in [0.1, 0.15) is 65.4 Å². The van der Waals surface area contributed by atoms with Gasteiger partial charge in [-0.2, -0.15) is 0 Å². The molecular formula is C20H32N2O3S. The van der Waals surface area contributed by atoms with Crippen molar-refractivity contribution in [3.63, 3.8) is 0 Å². The van der Waals surface area contributed by atoms with Crippen LogP contribution in [0, 0.1) is 5.92 Å². The molecular weight excluding hydrogens is 348 g/mol. The minimum atomic E-state index is -3.34. The molecule has 1 aromatic rings. The van der Waals surface area contributed by atoms with Crippen LogP contribution in [0.4, 0.5) is 5.69 Å². The molecule has 6 heteroatoms. The molecule has 0 aliphatic heterocycles. The fourth-order valence-electron chi connectivity index (χ4n) is 3.16. The van der Waals surface area contributed by atoms with Crippen molar-refractivity contribution in [1.82, 2.24) is 4.72 Å². The monoisotopic (exact) mass is 380 g/mol. The first-order chi connectivity index (χ1) is 12.1. The van der Waals surface area contributed by atoms with Gasteiger partial charge in [-0.3, -0.25) is 4.79 Å². The van der Waals surface area contributed by atoms with E-state index in [1.54, 1.807) is 20.8 Å². The van der Waals surface area contributed by atoms with E-state index < -0.39 is 14.8 Å². The summed E-state index contributed by atoms with van der Waals surface area (Å²) in [6, 6.07) is 7.93. The Morgan fingerprint density at radius 2 is 1.65 bits per heavy atom. The molecule has 0 bridgehead atoms. The first-order valence-electron chi connectivity index (χ1n) is 9.54. The lowest BCUT2D eigenvalue weighted by molar-refractivity contribution is -0.120. The number of hydrogen-bond acceptors (Lipinski definition) is 3. The van der Waals surface area contributed by atoms with E-state index in [4.69, 9.17) is 0 Å². The summed E-state index contributed by atoms with van der Waals surface area (Å²) < 4.78 is 26.5. The van der Waals surface area contributed by atoms with Gasteiger partial charge >= 0.3 is 0 Å². The third-order valence-corrected chi connectivity index (χ3v) is 7.24. The average molecular weight is 381 g/mol. The molecule has 2 N–H and O–H groups in total. The maximum absolute atomic E-state index is 12.5. The smallest absolute Gasteiger partial charge is 0.227 e. The average Bonchev–Trinajstić information content (AvgIpc) is 2.56. The van der Waals surface area contributed by atoms with Gasteiger partial charge in [0.15, 0.2) is 0 Å². The van der Waals surface area contributed by atoms with Crippen LogP contribution >= 0.6 is 0 Å². The molecule has 0 saturated heterocycles. The number of hydrogen-bond donors (Lipinski definition) is 2. The number of rotatable bonds is 6. The fraction of sp³-hybridized carbons (Fsp3) is 0.650. The van der Waals surface area contributed by atoms with E-state index in [-0.39, 0.29) is 17.9 Å². The van der Waals surface area contributed by atoms with E-state index in [0.717, 1.165) is 18.5 Å². The molecule has 1 aliphatic rings. The highest BCUT2D eigenvalue weighted by molar-refractivity contribution is 7.90. The highest BCUT2D eigenvalue weighted by Crippen LogP contribution is 2.27. The summed E-state index contributed by atoms with van der Waals surface area (Å²) >= 11 is 0. The molecule has 0 heterocycles. The molecule has 146 valence electrons. The largest absolute Gasteiger partial charge is 0.326 e. The Balaban J connectivity index is 1.84. The number of carbonyl (C=O) groups is 1. The van der Waals surface area contributed by atoms with E-state index in [2.05, 4.69) is 29.1 Å². The Morgan fingerprint density at radius 1 is 1.08 bits per heavy atom. The summed E-state index contributed by atoms with van der Waals surface area (Å²) in [5, 5.41) is 2.99. The minimum absolute atomic E-state index is 0.0328. The summed E-state index contributed by atoms with van der Waals surface area (Å²) in [5.74, 6) is -0.0221. The predicted octanol–water partition coefficient (Wildman–Crippen LogP) is 3.85. The Kier molecular flexibility index (Phi) is 6.86. The predicted molar refractivity (Wildman–Crippen MR) is 107 cm³/mol. The maximum Gasteiger partial charge on any atom is 0.227 e. The molecule has 1 fully saturated rings. The van der Waals surface area contributed by atoms with E-state index in [0.29, 0.717) is 25.7 Å². The van der Waals surface area contributed by atoms with E-state index in [1.807, 2.05) is 12.1 Å². The van der Waals surface area contributed by atoms with Gasteiger partial charge in [0.05, 0.1) is 4.75 Å². The molecule has 5 nitrogen and oxygen atoms in total. The lowest BCUT2D eigenvalue weighted by Crippen LogP contribution is -2.46. The van der Waals surface area contributed by atoms with Gasteiger partial charge in [0, 0.05) is 17.6 Å². The third kappa shape index (κ3) is 5.55.